The van der Waals surface area contributed by atoms with Gasteiger partial charge in [-0.2, -0.15) is 0 Å². The summed E-state index contributed by atoms with van der Waals surface area (Å²) in [6, 6.07) is 0.163. The molecule has 1 aromatic rings. The number of urea groups is 1. The SMILES string of the molecule is CC[C@@H](NC(=O)Nc1c(F)ccc(C)c1F)C(=O)O. The molecular weight excluding hydrogens is 258 g/mol. The Hall–Kier alpha value is -2.18. The van der Waals surface area contributed by atoms with E-state index in [2.05, 4.69) is 5.32 Å². The topological polar surface area (TPSA) is 78.4 Å². The van der Waals surface area contributed by atoms with E-state index in [1.165, 1.54) is 13.0 Å². The largest absolute Gasteiger partial charge is 0.480 e. The van der Waals surface area contributed by atoms with Crippen molar-refractivity contribution in [3.8, 4) is 0 Å². The molecule has 5 nitrogen and oxygen atoms in total. The second-order valence-corrected chi connectivity index (χ2v) is 3.95. The van der Waals surface area contributed by atoms with E-state index in [0.29, 0.717) is 0 Å². The third-order valence-corrected chi connectivity index (χ3v) is 2.53. The van der Waals surface area contributed by atoms with Crippen LogP contribution in [0.4, 0.5) is 19.3 Å². The highest BCUT2D eigenvalue weighted by atomic mass is 19.1. The minimum atomic E-state index is -1.22. The number of rotatable bonds is 4. The number of anilines is 1. The fourth-order valence-electron chi connectivity index (χ4n) is 1.42. The Balaban J connectivity index is 2.83. The molecule has 0 heterocycles. The lowest BCUT2D eigenvalue weighted by atomic mass is 10.2. The minimum Gasteiger partial charge on any atom is -0.480 e. The van der Waals surface area contributed by atoms with Gasteiger partial charge in [-0.15, -0.1) is 0 Å². The van der Waals surface area contributed by atoms with Crippen LogP contribution in [0, 0.1) is 18.6 Å². The first-order valence-corrected chi connectivity index (χ1v) is 5.61. The van der Waals surface area contributed by atoms with Crippen LogP contribution in [0.2, 0.25) is 0 Å². The molecule has 0 bridgehead atoms. The highest BCUT2D eigenvalue weighted by Crippen LogP contribution is 2.21. The van der Waals surface area contributed by atoms with Gasteiger partial charge in [0, 0.05) is 0 Å². The second-order valence-electron chi connectivity index (χ2n) is 3.95. The number of amides is 2. The van der Waals surface area contributed by atoms with Crippen molar-refractivity contribution >= 4 is 17.7 Å². The van der Waals surface area contributed by atoms with Gasteiger partial charge in [-0.1, -0.05) is 13.0 Å². The summed E-state index contributed by atoms with van der Waals surface area (Å²) in [5.74, 6) is -3.04. The Morgan fingerprint density at radius 3 is 2.53 bits per heavy atom. The Labute approximate surface area is 108 Å². The molecule has 3 N–H and O–H groups in total. The number of hydrogen-bond acceptors (Lipinski definition) is 2. The maximum Gasteiger partial charge on any atom is 0.326 e. The maximum atomic E-state index is 13.6. The van der Waals surface area contributed by atoms with Crippen molar-refractivity contribution in [1.82, 2.24) is 5.32 Å². The molecule has 0 fully saturated rings. The van der Waals surface area contributed by atoms with Gasteiger partial charge in [-0.3, -0.25) is 0 Å². The van der Waals surface area contributed by atoms with E-state index < -0.39 is 35.4 Å². The third-order valence-electron chi connectivity index (χ3n) is 2.53. The van der Waals surface area contributed by atoms with Crippen LogP contribution < -0.4 is 10.6 Å². The molecule has 0 aromatic heterocycles. The summed E-state index contributed by atoms with van der Waals surface area (Å²) >= 11 is 0. The lowest BCUT2D eigenvalue weighted by molar-refractivity contribution is -0.139. The molecule has 7 heteroatoms. The van der Waals surface area contributed by atoms with E-state index in [4.69, 9.17) is 5.11 Å². The van der Waals surface area contributed by atoms with Gasteiger partial charge in [0.25, 0.3) is 0 Å². The Morgan fingerprint density at radius 1 is 1.37 bits per heavy atom. The monoisotopic (exact) mass is 272 g/mol. The van der Waals surface area contributed by atoms with Crippen molar-refractivity contribution in [2.45, 2.75) is 26.3 Å². The Bertz CT molecular complexity index is 506. The minimum absolute atomic E-state index is 0.154. The van der Waals surface area contributed by atoms with Crippen molar-refractivity contribution in [3.63, 3.8) is 0 Å². The molecule has 1 aromatic carbocycles. The Kier molecular flexibility index (Phi) is 4.80. The van der Waals surface area contributed by atoms with E-state index in [1.807, 2.05) is 5.32 Å². The van der Waals surface area contributed by atoms with Crippen LogP contribution in [0.15, 0.2) is 12.1 Å². The summed E-state index contributed by atoms with van der Waals surface area (Å²) in [5, 5.41) is 12.8. The number of carbonyl (C=O) groups excluding carboxylic acids is 1. The van der Waals surface area contributed by atoms with Crippen LogP contribution in [-0.2, 0) is 4.79 Å². The molecule has 0 saturated heterocycles. The summed E-state index contributed by atoms with van der Waals surface area (Å²) < 4.78 is 27.0. The molecule has 0 aliphatic carbocycles. The average molecular weight is 272 g/mol. The number of carboxylic acid groups (broad SMARTS) is 1. The molecule has 0 saturated carbocycles. The molecule has 0 aliphatic rings. The van der Waals surface area contributed by atoms with Crippen molar-refractivity contribution in [2.75, 3.05) is 5.32 Å². The first-order chi connectivity index (χ1) is 8.86. The van der Waals surface area contributed by atoms with Crippen molar-refractivity contribution in [3.05, 3.63) is 29.3 Å². The first-order valence-electron chi connectivity index (χ1n) is 5.61. The molecule has 0 radical (unpaired) electrons. The normalized spacial score (nSPS) is 11.8. The molecule has 19 heavy (non-hydrogen) atoms. The van der Waals surface area contributed by atoms with Crippen LogP contribution in [0.3, 0.4) is 0 Å². The van der Waals surface area contributed by atoms with Crippen LogP contribution in [0.25, 0.3) is 0 Å². The number of aryl methyl sites for hydroxylation is 1. The van der Waals surface area contributed by atoms with Gasteiger partial charge in [0.05, 0.1) is 0 Å². The molecule has 1 atom stereocenters. The molecular formula is C12H14F2N2O3. The lowest BCUT2D eigenvalue weighted by Crippen LogP contribution is -2.42. The van der Waals surface area contributed by atoms with Crippen LogP contribution >= 0.6 is 0 Å². The smallest absolute Gasteiger partial charge is 0.326 e. The Morgan fingerprint density at radius 2 is 2.00 bits per heavy atom. The molecule has 0 spiro atoms. The fourth-order valence-corrected chi connectivity index (χ4v) is 1.42. The summed E-state index contributed by atoms with van der Waals surface area (Å²) in [4.78, 5) is 22.2. The fraction of sp³-hybridized carbons (Fsp3) is 0.333. The van der Waals surface area contributed by atoms with Gasteiger partial charge < -0.3 is 15.7 Å². The zero-order chi connectivity index (χ0) is 14.6. The number of nitrogens with one attached hydrogen (secondary N) is 2. The third kappa shape index (κ3) is 3.64. The van der Waals surface area contributed by atoms with E-state index >= 15 is 0 Å². The van der Waals surface area contributed by atoms with Gasteiger partial charge in [0.2, 0.25) is 0 Å². The quantitative estimate of drug-likeness (QED) is 0.786. The van der Waals surface area contributed by atoms with E-state index in [9.17, 15) is 18.4 Å². The number of carbonyl (C=O) groups is 2. The van der Waals surface area contributed by atoms with E-state index in [1.54, 1.807) is 6.92 Å². The highest BCUT2D eigenvalue weighted by molar-refractivity contribution is 5.92. The number of carboxylic acids is 1. The number of aliphatic carboxylic acids is 1. The molecule has 0 aliphatic heterocycles. The maximum absolute atomic E-state index is 13.6. The first kappa shape index (κ1) is 14.9. The molecule has 1 rings (SSSR count). The summed E-state index contributed by atoms with van der Waals surface area (Å²) in [5.41, 5.74) is -0.431. The number of hydrogen-bond donors (Lipinski definition) is 3. The number of benzene rings is 1. The van der Waals surface area contributed by atoms with Gasteiger partial charge in [0.1, 0.15) is 17.5 Å². The number of halogens is 2. The van der Waals surface area contributed by atoms with Gasteiger partial charge in [-0.05, 0) is 25.0 Å². The van der Waals surface area contributed by atoms with Gasteiger partial charge >= 0.3 is 12.0 Å². The van der Waals surface area contributed by atoms with Crippen molar-refractivity contribution in [2.24, 2.45) is 0 Å². The molecule has 2 amide bonds. The highest BCUT2D eigenvalue weighted by Gasteiger charge is 2.20. The van der Waals surface area contributed by atoms with Gasteiger partial charge in [0.15, 0.2) is 5.82 Å². The van der Waals surface area contributed by atoms with Crippen LogP contribution in [-0.4, -0.2) is 23.1 Å². The predicted octanol–water partition coefficient (Wildman–Crippen LogP) is 2.26. The molecule has 0 unspecified atom stereocenters. The van der Waals surface area contributed by atoms with E-state index in [-0.39, 0.29) is 12.0 Å². The predicted molar refractivity (Wildman–Crippen MR) is 65.0 cm³/mol. The van der Waals surface area contributed by atoms with Crippen molar-refractivity contribution in [1.29, 1.82) is 0 Å². The van der Waals surface area contributed by atoms with Gasteiger partial charge in [-0.25, -0.2) is 18.4 Å². The zero-order valence-corrected chi connectivity index (χ0v) is 10.5. The average Bonchev–Trinajstić information content (AvgIpc) is 2.36. The lowest BCUT2D eigenvalue weighted by Gasteiger charge is -2.14. The van der Waals surface area contributed by atoms with Crippen LogP contribution in [0.1, 0.15) is 18.9 Å². The summed E-state index contributed by atoms with van der Waals surface area (Å²) in [6.07, 6.45) is 0.154. The van der Waals surface area contributed by atoms with Crippen LogP contribution in [0.5, 0.6) is 0 Å². The van der Waals surface area contributed by atoms with Crippen molar-refractivity contribution < 1.29 is 23.5 Å². The summed E-state index contributed by atoms with van der Waals surface area (Å²) in [7, 11) is 0. The van der Waals surface area contributed by atoms with E-state index in [0.717, 1.165) is 6.07 Å². The zero-order valence-electron chi connectivity index (χ0n) is 10.5. The molecule has 104 valence electrons. The standard InChI is InChI=1S/C12H14F2N2O3/c1-3-8(11(17)18)15-12(19)16-10-7(13)5-4-6(2)9(10)14/h4-5,8H,3H2,1-2H3,(H,17,18)(H2,15,16,19)/t8-/m1/s1. The second kappa shape index (κ2) is 6.12. The summed E-state index contributed by atoms with van der Waals surface area (Å²) in [6.45, 7) is 2.98.